The molecule has 0 aliphatic heterocycles. The molecule has 1 N–H and O–H groups in total. The summed E-state index contributed by atoms with van der Waals surface area (Å²) in [5.41, 5.74) is 1.01. The molecule has 0 aromatic heterocycles. The normalized spacial score (nSPS) is 11.6. The highest BCUT2D eigenvalue weighted by Gasteiger charge is 2.10. The van der Waals surface area contributed by atoms with Crippen molar-refractivity contribution in [1.29, 1.82) is 0 Å². The molecule has 1 unspecified atom stereocenters. The number of aldehydes is 1. The van der Waals surface area contributed by atoms with Crippen LogP contribution in [0.15, 0.2) is 12.2 Å². The van der Waals surface area contributed by atoms with Gasteiger partial charge in [-0.05, 0) is 19.2 Å². The lowest BCUT2D eigenvalue weighted by Gasteiger charge is -2.07. The third kappa shape index (κ3) is 6.77. The van der Waals surface area contributed by atoms with Crippen LogP contribution in [0, 0.1) is 0 Å². The van der Waals surface area contributed by atoms with Crippen molar-refractivity contribution in [3.05, 3.63) is 12.2 Å². The van der Waals surface area contributed by atoms with Crippen LogP contribution in [-0.4, -0.2) is 19.5 Å². The molecule has 0 bridgehead atoms. The van der Waals surface area contributed by atoms with Gasteiger partial charge in [0, 0.05) is 6.42 Å². The number of hydrogen-bond donors (Lipinski definition) is 2. The predicted molar refractivity (Wildman–Crippen MR) is 61.6 cm³/mol. The van der Waals surface area contributed by atoms with Gasteiger partial charge in [0.05, 0.1) is 0 Å². The standard InChI is InChI=1S/C9H15BNO2S/c1-7(2)5-10-8(6-12)3-4-9(13)11-14/h6,8,14H,1,3-5H2,2H3,(H,11,13). The highest BCUT2D eigenvalue weighted by atomic mass is 32.1. The van der Waals surface area contributed by atoms with E-state index in [1.165, 1.54) is 0 Å². The molecule has 1 radical (unpaired) electrons. The van der Waals surface area contributed by atoms with E-state index in [1.807, 2.05) is 14.2 Å². The van der Waals surface area contributed by atoms with Crippen LogP contribution in [0.25, 0.3) is 0 Å². The number of allylic oxidation sites excluding steroid dienone is 1. The Kier molecular flexibility index (Phi) is 7.29. The van der Waals surface area contributed by atoms with Gasteiger partial charge in [-0.1, -0.05) is 24.7 Å². The fourth-order valence-electron chi connectivity index (χ4n) is 0.948. The number of thiol groups is 1. The van der Waals surface area contributed by atoms with Crippen LogP contribution in [0.4, 0.5) is 0 Å². The van der Waals surface area contributed by atoms with E-state index in [0.29, 0.717) is 19.2 Å². The number of rotatable bonds is 7. The van der Waals surface area contributed by atoms with E-state index in [4.69, 9.17) is 0 Å². The molecule has 1 amide bonds. The van der Waals surface area contributed by atoms with E-state index in [1.54, 1.807) is 0 Å². The maximum Gasteiger partial charge on any atom is 0.229 e. The molecule has 3 nitrogen and oxygen atoms in total. The Morgan fingerprint density at radius 2 is 2.36 bits per heavy atom. The van der Waals surface area contributed by atoms with Crippen LogP contribution in [0.5, 0.6) is 0 Å². The summed E-state index contributed by atoms with van der Waals surface area (Å²) in [5.74, 6) is -0.332. The number of nitrogens with one attached hydrogen (secondary N) is 1. The van der Waals surface area contributed by atoms with Crippen molar-refractivity contribution < 1.29 is 9.59 Å². The summed E-state index contributed by atoms with van der Waals surface area (Å²) in [6.07, 6.45) is 2.42. The van der Waals surface area contributed by atoms with Crippen LogP contribution < -0.4 is 4.72 Å². The number of carbonyl (C=O) groups excluding carboxylic acids is 2. The first-order chi connectivity index (χ1) is 6.60. The van der Waals surface area contributed by atoms with Gasteiger partial charge in [0.15, 0.2) is 0 Å². The summed E-state index contributed by atoms with van der Waals surface area (Å²) in [4.78, 5) is 21.4. The van der Waals surface area contributed by atoms with Crippen molar-refractivity contribution >= 4 is 32.3 Å². The van der Waals surface area contributed by atoms with Gasteiger partial charge in [-0.15, -0.1) is 6.58 Å². The molecular weight excluding hydrogens is 197 g/mol. The van der Waals surface area contributed by atoms with Crippen LogP contribution in [-0.2, 0) is 9.59 Å². The summed E-state index contributed by atoms with van der Waals surface area (Å²) >= 11 is 3.62. The van der Waals surface area contributed by atoms with Gasteiger partial charge in [0.1, 0.15) is 13.6 Å². The predicted octanol–water partition coefficient (Wildman–Crippen LogP) is 1.41. The lowest BCUT2D eigenvalue weighted by Crippen LogP contribution is -2.15. The molecule has 14 heavy (non-hydrogen) atoms. The Morgan fingerprint density at radius 3 is 2.79 bits per heavy atom. The summed E-state index contributed by atoms with van der Waals surface area (Å²) < 4.78 is 2.22. The van der Waals surface area contributed by atoms with Gasteiger partial charge in [-0.25, -0.2) is 0 Å². The first kappa shape index (κ1) is 13.3. The second kappa shape index (κ2) is 7.68. The fraction of sp³-hybridized carbons (Fsp3) is 0.556. The Hall–Kier alpha value is -0.705. The van der Waals surface area contributed by atoms with Crippen molar-refractivity contribution in [2.45, 2.75) is 31.9 Å². The molecule has 0 heterocycles. The van der Waals surface area contributed by atoms with Gasteiger partial charge in [-0.3, -0.25) is 4.79 Å². The first-order valence-corrected chi connectivity index (χ1v) is 4.90. The first-order valence-electron chi connectivity index (χ1n) is 4.46. The van der Waals surface area contributed by atoms with E-state index in [0.717, 1.165) is 11.9 Å². The highest BCUT2D eigenvalue weighted by Crippen LogP contribution is 2.12. The van der Waals surface area contributed by atoms with Gasteiger partial charge >= 0.3 is 0 Å². The van der Waals surface area contributed by atoms with Gasteiger partial charge in [0.2, 0.25) is 5.91 Å². The molecule has 0 aliphatic carbocycles. The lowest BCUT2D eigenvalue weighted by atomic mass is 9.59. The zero-order valence-electron chi connectivity index (χ0n) is 8.32. The van der Waals surface area contributed by atoms with Crippen molar-refractivity contribution in [2.75, 3.05) is 0 Å². The monoisotopic (exact) mass is 212 g/mol. The molecule has 0 aromatic carbocycles. The van der Waals surface area contributed by atoms with Crippen LogP contribution in [0.1, 0.15) is 19.8 Å². The molecule has 0 fully saturated rings. The second-order valence-corrected chi connectivity index (χ2v) is 3.49. The Balaban J connectivity index is 3.73. The molecule has 0 aromatic rings. The second-order valence-electron chi connectivity index (χ2n) is 3.27. The molecule has 1 atom stereocenters. The molecule has 0 saturated carbocycles. The van der Waals surface area contributed by atoms with Crippen LogP contribution in [0.3, 0.4) is 0 Å². The number of hydrogen-bond acceptors (Lipinski definition) is 3. The van der Waals surface area contributed by atoms with Crippen molar-refractivity contribution in [3.8, 4) is 0 Å². The number of amides is 1. The zero-order valence-corrected chi connectivity index (χ0v) is 9.22. The Labute approximate surface area is 91.1 Å². The number of carbonyl (C=O) groups is 2. The van der Waals surface area contributed by atoms with E-state index in [-0.39, 0.29) is 11.7 Å². The summed E-state index contributed by atoms with van der Waals surface area (Å²) in [7, 11) is 1.88. The van der Waals surface area contributed by atoms with E-state index in [2.05, 4.69) is 24.1 Å². The van der Waals surface area contributed by atoms with Gasteiger partial charge in [0.25, 0.3) is 0 Å². The van der Waals surface area contributed by atoms with Crippen LogP contribution >= 0.6 is 12.8 Å². The van der Waals surface area contributed by atoms with Crippen molar-refractivity contribution in [2.24, 2.45) is 0 Å². The summed E-state index contributed by atoms with van der Waals surface area (Å²) in [6.45, 7) is 5.64. The molecule has 0 saturated heterocycles. The SMILES string of the molecule is C=C(C)C[B]C(C=O)CCC(=O)NS. The maximum atomic E-state index is 10.8. The fourth-order valence-corrected chi connectivity index (χ4v) is 1.06. The largest absolute Gasteiger partial charge is 0.304 e. The molecular formula is C9H15BNO2S. The van der Waals surface area contributed by atoms with Crippen LogP contribution in [0.2, 0.25) is 12.1 Å². The van der Waals surface area contributed by atoms with Gasteiger partial charge < -0.3 is 9.52 Å². The summed E-state index contributed by atoms with van der Waals surface area (Å²) in [6, 6.07) is 0. The highest BCUT2D eigenvalue weighted by molar-refractivity contribution is 7.78. The molecule has 77 valence electrons. The third-order valence-electron chi connectivity index (χ3n) is 1.77. The van der Waals surface area contributed by atoms with Crippen molar-refractivity contribution in [3.63, 3.8) is 0 Å². The lowest BCUT2D eigenvalue weighted by molar-refractivity contribution is -0.119. The quantitative estimate of drug-likeness (QED) is 0.290. The minimum atomic E-state index is -0.169. The zero-order chi connectivity index (χ0) is 11.0. The average molecular weight is 212 g/mol. The maximum absolute atomic E-state index is 10.8. The Morgan fingerprint density at radius 1 is 1.71 bits per heavy atom. The minimum absolute atomic E-state index is 0.163. The molecule has 5 heteroatoms. The molecule has 0 rings (SSSR count). The Bertz CT molecular complexity index is 221. The van der Waals surface area contributed by atoms with E-state index < -0.39 is 0 Å². The molecule has 0 aliphatic rings. The van der Waals surface area contributed by atoms with E-state index in [9.17, 15) is 9.59 Å². The third-order valence-corrected chi connectivity index (χ3v) is 2.02. The smallest absolute Gasteiger partial charge is 0.229 e. The average Bonchev–Trinajstić information content (AvgIpc) is 2.17. The minimum Gasteiger partial charge on any atom is -0.304 e. The topological polar surface area (TPSA) is 46.2 Å². The molecule has 0 spiro atoms. The van der Waals surface area contributed by atoms with Gasteiger partial charge in [-0.2, -0.15) is 0 Å². The van der Waals surface area contributed by atoms with Crippen molar-refractivity contribution in [1.82, 2.24) is 4.72 Å². The van der Waals surface area contributed by atoms with E-state index >= 15 is 0 Å². The summed E-state index contributed by atoms with van der Waals surface area (Å²) in [5, 5.41) is 0.